The summed E-state index contributed by atoms with van der Waals surface area (Å²) in [7, 11) is 0. The van der Waals surface area contributed by atoms with Crippen molar-refractivity contribution in [1.82, 2.24) is 9.97 Å². The molecule has 18 heavy (non-hydrogen) atoms. The van der Waals surface area contributed by atoms with E-state index in [1.165, 1.54) is 0 Å². The number of thiophene rings is 1. The molecule has 0 fully saturated rings. The second-order valence-corrected chi connectivity index (χ2v) is 6.61. The van der Waals surface area contributed by atoms with E-state index in [0.29, 0.717) is 11.9 Å². The lowest BCUT2D eigenvalue weighted by molar-refractivity contribution is 0.274. The molecular formula is C13H20N4S. The van der Waals surface area contributed by atoms with E-state index >= 15 is 0 Å². The fourth-order valence-corrected chi connectivity index (χ4v) is 2.33. The summed E-state index contributed by atoms with van der Waals surface area (Å²) in [5.74, 6) is 1.72. The molecule has 0 saturated heterocycles. The number of fused-ring (bicyclic) bond motifs is 1. The predicted octanol–water partition coefficient (Wildman–Crippen LogP) is 3.37. The van der Waals surface area contributed by atoms with Crippen molar-refractivity contribution >= 4 is 33.3 Å². The summed E-state index contributed by atoms with van der Waals surface area (Å²) in [4.78, 5) is 9.45. The van der Waals surface area contributed by atoms with Crippen LogP contribution >= 0.6 is 11.3 Å². The average molecular weight is 264 g/mol. The average Bonchev–Trinajstić information content (AvgIpc) is 2.71. The molecule has 0 aliphatic heterocycles. The molecule has 0 saturated carbocycles. The minimum atomic E-state index is 0.277. The number of nitrogens with zero attached hydrogens (tertiary/aromatic N) is 2. The summed E-state index contributed by atoms with van der Waals surface area (Å²) in [5.41, 5.74) is 6.00. The number of hydrogen-bond acceptors (Lipinski definition) is 5. The predicted molar refractivity (Wildman–Crippen MR) is 78.9 cm³/mol. The van der Waals surface area contributed by atoms with Crippen LogP contribution in [-0.4, -0.2) is 16.5 Å². The maximum Gasteiger partial charge on any atom is 0.223 e. The Balaban J connectivity index is 2.19. The van der Waals surface area contributed by atoms with Crippen molar-refractivity contribution in [3.63, 3.8) is 0 Å². The molecule has 0 aromatic carbocycles. The summed E-state index contributed by atoms with van der Waals surface area (Å²) in [6.07, 6.45) is 0. The number of nitrogen functional groups attached to an aromatic ring is 1. The number of rotatable bonds is 3. The highest BCUT2D eigenvalue weighted by Gasteiger charge is 2.20. The van der Waals surface area contributed by atoms with Gasteiger partial charge in [0.05, 0.1) is 5.39 Å². The van der Waals surface area contributed by atoms with Crippen LogP contribution in [0.5, 0.6) is 0 Å². The summed E-state index contributed by atoms with van der Waals surface area (Å²) in [6, 6.07) is 2.03. The third-order valence-corrected chi connectivity index (χ3v) is 4.20. The molecule has 5 heteroatoms. The van der Waals surface area contributed by atoms with Crippen LogP contribution < -0.4 is 11.1 Å². The van der Waals surface area contributed by atoms with Gasteiger partial charge in [-0.25, -0.2) is 4.98 Å². The normalized spacial score (nSPS) is 13.8. The SMILES string of the molecule is CC(CNc1nc(N)nc2sccc12)C(C)(C)C. The van der Waals surface area contributed by atoms with Crippen molar-refractivity contribution in [2.45, 2.75) is 27.7 Å². The molecule has 0 aliphatic carbocycles. The molecule has 2 rings (SSSR count). The summed E-state index contributed by atoms with van der Waals surface area (Å²) < 4.78 is 0. The van der Waals surface area contributed by atoms with Gasteiger partial charge in [0.15, 0.2) is 0 Å². The minimum Gasteiger partial charge on any atom is -0.369 e. The minimum absolute atomic E-state index is 0.277. The van der Waals surface area contributed by atoms with Crippen LogP contribution in [0.2, 0.25) is 0 Å². The zero-order chi connectivity index (χ0) is 13.3. The van der Waals surface area contributed by atoms with Gasteiger partial charge in [-0.3, -0.25) is 0 Å². The maximum absolute atomic E-state index is 5.72. The van der Waals surface area contributed by atoms with Crippen LogP contribution in [0.15, 0.2) is 11.4 Å². The van der Waals surface area contributed by atoms with Gasteiger partial charge >= 0.3 is 0 Å². The second kappa shape index (κ2) is 4.72. The molecule has 4 nitrogen and oxygen atoms in total. The topological polar surface area (TPSA) is 63.8 Å². The maximum atomic E-state index is 5.72. The number of nitrogens with one attached hydrogen (secondary N) is 1. The van der Waals surface area contributed by atoms with Crippen LogP contribution in [-0.2, 0) is 0 Å². The Morgan fingerprint density at radius 3 is 2.78 bits per heavy atom. The molecule has 0 spiro atoms. The number of nitrogens with two attached hydrogens (primary N) is 1. The van der Waals surface area contributed by atoms with E-state index < -0.39 is 0 Å². The fraction of sp³-hybridized carbons (Fsp3) is 0.538. The van der Waals surface area contributed by atoms with E-state index in [1.54, 1.807) is 11.3 Å². The third kappa shape index (κ3) is 2.72. The Labute approximate surface area is 112 Å². The standard InChI is InChI=1S/C13H20N4S/c1-8(13(2,3)4)7-15-10-9-5-6-18-11(9)17-12(14)16-10/h5-6,8H,7H2,1-4H3,(H3,14,15,16,17). The monoisotopic (exact) mass is 264 g/mol. The van der Waals surface area contributed by atoms with Crippen LogP contribution in [0.25, 0.3) is 10.2 Å². The smallest absolute Gasteiger partial charge is 0.223 e. The highest BCUT2D eigenvalue weighted by molar-refractivity contribution is 7.16. The molecule has 2 heterocycles. The molecule has 3 N–H and O–H groups in total. The van der Waals surface area contributed by atoms with E-state index in [0.717, 1.165) is 22.6 Å². The van der Waals surface area contributed by atoms with Crippen molar-refractivity contribution in [3.05, 3.63) is 11.4 Å². The van der Waals surface area contributed by atoms with Gasteiger partial charge in [-0.2, -0.15) is 4.98 Å². The van der Waals surface area contributed by atoms with Gasteiger partial charge in [0.25, 0.3) is 0 Å². The quantitative estimate of drug-likeness (QED) is 0.892. The van der Waals surface area contributed by atoms with E-state index in [1.807, 2.05) is 11.4 Å². The van der Waals surface area contributed by atoms with E-state index in [-0.39, 0.29) is 5.41 Å². The van der Waals surface area contributed by atoms with E-state index in [4.69, 9.17) is 5.73 Å². The van der Waals surface area contributed by atoms with E-state index in [2.05, 4.69) is 43.0 Å². The first-order chi connectivity index (χ1) is 8.38. The lowest BCUT2D eigenvalue weighted by atomic mass is 9.82. The Morgan fingerprint density at radius 1 is 1.39 bits per heavy atom. The largest absolute Gasteiger partial charge is 0.369 e. The Kier molecular flexibility index (Phi) is 3.43. The number of aromatic nitrogens is 2. The molecule has 1 atom stereocenters. The lowest BCUT2D eigenvalue weighted by Crippen LogP contribution is -2.25. The molecular weight excluding hydrogens is 244 g/mol. The molecule has 0 aliphatic rings. The van der Waals surface area contributed by atoms with Crippen LogP contribution in [0, 0.1) is 11.3 Å². The summed E-state index contributed by atoms with van der Waals surface area (Å²) in [6.45, 7) is 9.85. The van der Waals surface area contributed by atoms with Crippen molar-refractivity contribution in [2.75, 3.05) is 17.6 Å². The molecule has 2 aromatic rings. The van der Waals surface area contributed by atoms with Gasteiger partial charge in [-0.05, 0) is 22.8 Å². The molecule has 0 radical (unpaired) electrons. The van der Waals surface area contributed by atoms with Gasteiger partial charge in [0, 0.05) is 6.54 Å². The second-order valence-electron chi connectivity index (χ2n) is 5.72. The lowest BCUT2D eigenvalue weighted by Gasteiger charge is -2.27. The first kappa shape index (κ1) is 13.1. The van der Waals surface area contributed by atoms with Gasteiger partial charge in [-0.15, -0.1) is 11.3 Å². The first-order valence-electron chi connectivity index (χ1n) is 6.12. The molecule has 1 unspecified atom stereocenters. The Morgan fingerprint density at radius 2 is 2.11 bits per heavy atom. The van der Waals surface area contributed by atoms with Crippen LogP contribution in [0.1, 0.15) is 27.7 Å². The van der Waals surface area contributed by atoms with Gasteiger partial charge < -0.3 is 11.1 Å². The van der Waals surface area contributed by atoms with Crippen LogP contribution in [0.4, 0.5) is 11.8 Å². The zero-order valence-electron chi connectivity index (χ0n) is 11.3. The molecule has 0 bridgehead atoms. The van der Waals surface area contributed by atoms with E-state index in [9.17, 15) is 0 Å². The van der Waals surface area contributed by atoms with Crippen molar-refractivity contribution in [1.29, 1.82) is 0 Å². The number of anilines is 2. The van der Waals surface area contributed by atoms with Gasteiger partial charge in [0.2, 0.25) is 5.95 Å². The zero-order valence-corrected chi connectivity index (χ0v) is 12.1. The van der Waals surface area contributed by atoms with Gasteiger partial charge in [0.1, 0.15) is 10.6 Å². The molecule has 98 valence electrons. The summed E-state index contributed by atoms with van der Waals surface area (Å²) >= 11 is 1.58. The van der Waals surface area contributed by atoms with Crippen molar-refractivity contribution < 1.29 is 0 Å². The summed E-state index contributed by atoms with van der Waals surface area (Å²) in [5, 5.41) is 6.46. The van der Waals surface area contributed by atoms with Crippen molar-refractivity contribution in [2.24, 2.45) is 11.3 Å². The first-order valence-corrected chi connectivity index (χ1v) is 7.00. The van der Waals surface area contributed by atoms with Gasteiger partial charge in [-0.1, -0.05) is 27.7 Å². The van der Waals surface area contributed by atoms with Crippen molar-refractivity contribution in [3.8, 4) is 0 Å². The molecule has 2 aromatic heterocycles. The fourth-order valence-electron chi connectivity index (χ4n) is 1.56. The Hall–Kier alpha value is -1.36. The highest BCUT2D eigenvalue weighted by Crippen LogP contribution is 2.28. The number of hydrogen-bond donors (Lipinski definition) is 2. The van der Waals surface area contributed by atoms with Crippen LogP contribution in [0.3, 0.4) is 0 Å². The Bertz CT molecular complexity index is 541. The highest BCUT2D eigenvalue weighted by atomic mass is 32.1. The third-order valence-electron chi connectivity index (χ3n) is 3.40. The molecule has 0 amide bonds.